The molecule has 0 radical (unpaired) electrons. The Balaban J connectivity index is 1.48. The number of urea groups is 1. The Hall–Kier alpha value is -3.35. The molecule has 1 aliphatic rings. The molecule has 0 unspecified atom stereocenters. The van der Waals surface area contributed by atoms with Crippen LogP contribution in [-0.2, 0) is 6.54 Å². The second-order valence-electron chi connectivity index (χ2n) is 7.04. The van der Waals surface area contributed by atoms with Crippen molar-refractivity contribution in [3.8, 4) is 17.1 Å². The van der Waals surface area contributed by atoms with Gasteiger partial charge in [0.1, 0.15) is 11.8 Å². The highest BCUT2D eigenvalue weighted by Gasteiger charge is 2.32. The zero-order valence-corrected chi connectivity index (χ0v) is 16.4. The molecule has 7 nitrogen and oxygen atoms in total. The third-order valence-electron chi connectivity index (χ3n) is 5.10. The van der Waals surface area contributed by atoms with Crippen LogP contribution in [0.5, 0.6) is 5.75 Å². The van der Waals surface area contributed by atoms with E-state index in [1.165, 1.54) is 0 Å². The summed E-state index contributed by atoms with van der Waals surface area (Å²) in [6.45, 7) is 1.16. The molecule has 1 aliphatic heterocycles. The lowest BCUT2D eigenvalue weighted by Crippen LogP contribution is -2.44. The molecule has 0 aliphatic carbocycles. The number of methoxy groups -OCH3 is 1. The molecule has 2 amide bonds. The molecule has 4 rings (SSSR count). The molecule has 2 aromatic carbocycles. The fourth-order valence-corrected chi connectivity index (χ4v) is 3.56. The number of nitrogens with one attached hydrogen (secondary N) is 1. The molecule has 1 atom stereocenters. The van der Waals surface area contributed by atoms with E-state index < -0.39 is 0 Å². The maximum atomic E-state index is 12.8. The van der Waals surface area contributed by atoms with E-state index in [4.69, 9.17) is 9.26 Å². The number of carbonyl (C=O) groups excluding carboxylic acids is 1. The van der Waals surface area contributed by atoms with Gasteiger partial charge >= 0.3 is 6.03 Å². The zero-order valence-electron chi connectivity index (χ0n) is 16.4. The van der Waals surface area contributed by atoms with E-state index in [9.17, 15) is 4.79 Å². The molecular weight excluding hydrogens is 368 g/mol. The van der Waals surface area contributed by atoms with Crippen LogP contribution >= 0.6 is 0 Å². The molecule has 150 valence electrons. The highest BCUT2D eigenvalue weighted by atomic mass is 16.5. The first kappa shape index (κ1) is 19.0. The van der Waals surface area contributed by atoms with Crippen molar-refractivity contribution in [2.75, 3.05) is 13.7 Å². The molecule has 1 fully saturated rings. The van der Waals surface area contributed by atoms with Crippen molar-refractivity contribution in [1.82, 2.24) is 20.4 Å². The van der Waals surface area contributed by atoms with Gasteiger partial charge in [0.05, 0.1) is 7.11 Å². The maximum Gasteiger partial charge on any atom is 0.318 e. The molecule has 3 aromatic rings. The summed E-state index contributed by atoms with van der Waals surface area (Å²) in [5.74, 6) is 1.69. The Morgan fingerprint density at radius 2 is 2.07 bits per heavy atom. The van der Waals surface area contributed by atoms with Crippen molar-refractivity contribution < 1.29 is 14.1 Å². The minimum Gasteiger partial charge on any atom is -0.497 e. The topological polar surface area (TPSA) is 80.5 Å². The van der Waals surface area contributed by atoms with Crippen LogP contribution in [0, 0.1) is 0 Å². The lowest BCUT2D eigenvalue weighted by molar-refractivity contribution is 0.131. The van der Waals surface area contributed by atoms with Crippen molar-refractivity contribution >= 4 is 6.03 Å². The lowest BCUT2D eigenvalue weighted by atomic mass is 10.0. The van der Waals surface area contributed by atoms with Crippen molar-refractivity contribution in [1.29, 1.82) is 0 Å². The number of amides is 2. The summed E-state index contributed by atoms with van der Waals surface area (Å²) in [4.78, 5) is 19.2. The minimum atomic E-state index is -0.216. The number of hydrogen-bond acceptors (Lipinski definition) is 5. The fourth-order valence-electron chi connectivity index (χ4n) is 3.56. The minimum absolute atomic E-state index is 0.111. The summed E-state index contributed by atoms with van der Waals surface area (Å²) in [6, 6.07) is 17.1. The van der Waals surface area contributed by atoms with Crippen molar-refractivity contribution in [2.24, 2.45) is 0 Å². The summed E-state index contributed by atoms with van der Waals surface area (Å²) in [6.07, 6.45) is 2.79. The van der Waals surface area contributed by atoms with Crippen molar-refractivity contribution in [3.63, 3.8) is 0 Å². The second kappa shape index (κ2) is 8.77. The van der Waals surface area contributed by atoms with E-state index in [0.717, 1.165) is 36.1 Å². The molecule has 1 aromatic heterocycles. The average Bonchev–Trinajstić information content (AvgIpc) is 3.28. The Morgan fingerprint density at radius 1 is 1.21 bits per heavy atom. The van der Waals surface area contributed by atoms with Gasteiger partial charge < -0.3 is 19.5 Å². The Kier molecular flexibility index (Phi) is 5.74. The number of carbonyl (C=O) groups is 1. The number of piperidine rings is 1. The third-order valence-corrected chi connectivity index (χ3v) is 5.10. The monoisotopic (exact) mass is 392 g/mol. The molecule has 0 bridgehead atoms. The molecule has 7 heteroatoms. The van der Waals surface area contributed by atoms with Crippen LogP contribution in [0.4, 0.5) is 4.79 Å². The van der Waals surface area contributed by atoms with Crippen LogP contribution in [0.1, 0.15) is 36.8 Å². The van der Waals surface area contributed by atoms with Gasteiger partial charge in [-0.25, -0.2) is 4.79 Å². The van der Waals surface area contributed by atoms with E-state index in [1.807, 2.05) is 54.6 Å². The van der Waals surface area contributed by atoms with E-state index >= 15 is 0 Å². The lowest BCUT2D eigenvalue weighted by Gasteiger charge is -2.33. The van der Waals surface area contributed by atoms with Crippen molar-refractivity contribution in [2.45, 2.75) is 31.8 Å². The highest BCUT2D eigenvalue weighted by molar-refractivity contribution is 5.74. The van der Waals surface area contributed by atoms with Crippen LogP contribution in [-0.4, -0.2) is 34.7 Å². The van der Waals surface area contributed by atoms with E-state index in [1.54, 1.807) is 12.0 Å². The molecule has 29 heavy (non-hydrogen) atoms. The van der Waals surface area contributed by atoms with Gasteiger partial charge in [-0.1, -0.05) is 47.6 Å². The van der Waals surface area contributed by atoms with Gasteiger partial charge in [0.15, 0.2) is 0 Å². The van der Waals surface area contributed by atoms with E-state index in [0.29, 0.717) is 24.8 Å². The SMILES string of the molecule is COc1cccc(-c2noc([C@@H]3CCCCN3C(=O)NCc3ccccc3)n2)c1. The van der Waals surface area contributed by atoms with Crippen LogP contribution in [0.3, 0.4) is 0 Å². The van der Waals surface area contributed by atoms with Gasteiger partial charge in [0.25, 0.3) is 0 Å². The average molecular weight is 392 g/mol. The number of aromatic nitrogens is 2. The molecule has 0 saturated carbocycles. The normalized spacial score (nSPS) is 16.4. The summed E-state index contributed by atoms with van der Waals surface area (Å²) in [7, 11) is 1.62. The largest absolute Gasteiger partial charge is 0.497 e. The van der Waals surface area contributed by atoms with E-state index in [-0.39, 0.29) is 12.1 Å². The molecule has 2 heterocycles. The first-order valence-corrected chi connectivity index (χ1v) is 9.81. The van der Waals surface area contributed by atoms with Crippen LogP contribution in [0.15, 0.2) is 59.1 Å². The van der Waals surface area contributed by atoms with Gasteiger partial charge in [-0.3, -0.25) is 0 Å². The van der Waals surface area contributed by atoms with Gasteiger partial charge in [-0.05, 0) is 37.0 Å². The first-order valence-electron chi connectivity index (χ1n) is 9.81. The number of nitrogens with zero attached hydrogens (tertiary/aromatic N) is 3. The smallest absolute Gasteiger partial charge is 0.318 e. The fraction of sp³-hybridized carbons (Fsp3) is 0.318. The summed E-state index contributed by atoms with van der Waals surface area (Å²) >= 11 is 0. The number of benzene rings is 2. The number of hydrogen-bond donors (Lipinski definition) is 1. The standard InChI is InChI=1S/C22H24N4O3/c1-28-18-11-7-10-17(14-18)20-24-21(29-25-20)19-12-5-6-13-26(19)22(27)23-15-16-8-3-2-4-9-16/h2-4,7-11,14,19H,5-6,12-13,15H2,1H3,(H,23,27)/t19-/m0/s1. The van der Waals surface area contributed by atoms with Gasteiger partial charge in [0, 0.05) is 18.7 Å². The Bertz CT molecular complexity index is 957. The highest BCUT2D eigenvalue weighted by Crippen LogP contribution is 2.31. The maximum absolute atomic E-state index is 12.8. The number of rotatable bonds is 5. The quantitative estimate of drug-likeness (QED) is 0.704. The van der Waals surface area contributed by atoms with Gasteiger partial charge in [-0.2, -0.15) is 4.98 Å². The summed E-state index contributed by atoms with van der Waals surface area (Å²) in [5.41, 5.74) is 1.88. The Labute approximate surface area is 169 Å². The summed E-state index contributed by atoms with van der Waals surface area (Å²) in [5, 5.41) is 7.13. The zero-order chi connectivity index (χ0) is 20.1. The molecule has 1 N–H and O–H groups in total. The third kappa shape index (κ3) is 4.39. The van der Waals surface area contributed by atoms with Gasteiger partial charge in [0.2, 0.25) is 11.7 Å². The van der Waals surface area contributed by atoms with Crippen molar-refractivity contribution in [3.05, 3.63) is 66.1 Å². The summed E-state index contributed by atoms with van der Waals surface area (Å²) < 4.78 is 10.8. The second-order valence-corrected chi connectivity index (χ2v) is 7.04. The van der Waals surface area contributed by atoms with E-state index in [2.05, 4.69) is 15.5 Å². The predicted molar refractivity (Wildman–Crippen MR) is 108 cm³/mol. The molecule has 1 saturated heterocycles. The predicted octanol–water partition coefficient (Wildman–Crippen LogP) is 4.18. The number of ether oxygens (including phenoxy) is 1. The molecule has 0 spiro atoms. The number of likely N-dealkylation sites (tertiary alicyclic amines) is 1. The molecular formula is C22H24N4O3. The Morgan fingerprint density at radius 3 is 2.90 bits per heavy atom. The van der Waals surface area contributed by atoms with Crippen LogP contribution in [0.25, 0.3) is 11.4 Å². The van der Waals surface area contributed by atoms with Crippen LogP contribution in [0.2, 0.25) is 0 Å². The van der Waals surface area contributed by atoms with Gasteiger partial charge in [-0.15, -0.1) is 0 Å². The first-order chi connectivity index (χ1) is 14.2. The van der Waals surface area contributed by atoms with Crippen LogP contribution < -0.4 is 10.1 Å².